The van der Waals surface area contributed by atoms with E-state index in [1.807, 2.05) is 11.3 Å². The van der Waals surface area contributed by atoms with E-state index < -0.39 is 0 Å². The van der Waals surface area contributed by atoms with Crippen molar-refractivity contribution in [1.82, 2.24) is 5.32 Å². The van der Waals surface area contributed by atoms with Gasteiger partial charge in [-0.15, -0.1) is 11.3 Å². The van der Waals surface area contributed by atoms with E-state index in [1.54, 1.807) is 0 Å². The van der Waals surface area contributed by atoms with Crippen molar-refractivity contribution in [3.05, 3.63) is 21.9 Å². The minimum atomic E-state index is 0.612. The van der Waals surface area contributed by atoms with Crippen LogP contribution >= 0.6 is 11.3 Å². The van der Waals surface area contributed by atoms with Crippen LogP contribution in [0.1, 0.15) is 62.1 Å². The summed E-state index contributed by atoms with van der Waals surface area (Å²) in [7, 11) is 0. The number of rotatable bonds is 5. The van der Waals surface area contributed by atoms with Crippen molar-refractivity contribution >= 4 is 11.3 Å². The molecule has 1 N–H and O–H groups in total. The van der Waals surface area contributed by atoms with Gasteiger partial charge in [0, 0.05) is 21.8 Å². The summed E-state index contributed by atoms with van der Waals surface area (Å²) < 4.78 is 0. The van der Waals surface area contributed by atoms with Gasteiger partial charge in [-0.25, -0.2) is 0 Å². The van der Waals surface area contributed by atoms with Gasteiger partial charge in [-0.2, -0.15) is 0 Å². The molecule has 0 aliphatic heterocycles. The van der Waals surface area contributed by atoms with Crippen molar-refractivity contribution in [2.24, 2.45) is 5.92 Å². The van der Waals surface area contributed by atoms with E-state index in [4.69, 9.17) is 0 Å². The highest BCUT2D eigenvalue weighted by molar-refractivity contribution is 7.11. The molecular weight excluding hydrogens is 250 g/mol. The molecule has 0 bridgehead atoms. The molecule has 2 heteroatoms. The van der Waals surface area contributed by atoms with Gasteiger partial charge in [0.25, 0.3) is 0 Å². The minimum Gasteiger partial charge on any atom is -0.311 e. The van der Waals surface area contributed by atoms with Crippen LogP contribution in [0.15, 0.2) is 12.1 Å². The van der Waals surface area contributed by atoms with Crippen LogP contribution in [0.4, 0.5) is 0 Å². The van der Waals surface area contributed by atoms with Crippen LogP contribution in [0.5, 0.6) is 0 Å². The van der Waals surface area contributed by atoms with E-state index in [1.165, 1.54) is 54.7 Å². The molecule has 1 saturated carbocycles. The standard InChI is InChI=1S/C17H29NS/c1-4-15-6-5-7-16(10-9-15)18-13(2)12-17-11-8-14(3)19-17/h8,11,13,15-16,18H,4-7,9-10,12H2,1-3H3. The van der Waals surface area contributed by atoms with E-state index in [-0.39, 0.29) is 0 Å². The van der Waals surface area contributed by atoms with Gasteiger partial charge >= 0.3 is 0 Å². The van der Waals surface area contributed by atoms with Gasteiger partial charge in [0.15, 0.2) is 0 Å². The Morgan fingerprint density at radius 1 is 1.26 bits per heavy atom. The Bertz CT molecular complexity index is 371. The lowest BCUT2D eigenvalue weighted by Crippen LogP contribution is -2.37. The second kappa shape index (κ2) is 7.44. The van der Waals surface area contributed by atoms with Gasteiger partial charge in [0.1, 0.15) is 0 Å². The zero-order chi connectivity index (χ0) is 13.7. The normalized spacial score (nSPS) is 26.1. The molecule has 108 valence electrons. The molecule has 1 fully saturated rings. The maximum Gasteiger partial charge on any atom is 0.00896 e. The third-order valence-electron chi connectivity index (χ3n) is 4.49. The molecule has 3 unspecified atom stereocenters. The lowest BCUT2D eigenvalue weighted by molar-refractivity contribution is 0.394. The molecule has 0 amide bonds. The zero-order valence-electron chi connectivity index (χ0n) is 12.7. The minimum absolute atomic E-state index is 0.612. The topological polar surface area (TPSA) is 12.0 Å². The van der Waals surface area contributed by atoms with Gasteiger partial charge in [-0.3, -0.25) is 0 Å². The monoisotopic (exact) mass is 279 g/mol. The number of hydrogen-bond acceptors (Lipinski definition) is 2. The van der Waals surface area contributed by atoms with Crippen LogP contribution in [-0.4, -0.2) is 12.1 Å². The third-order valence-corrected chi connectivity index (χ3v) is 5.51. The first-order valence-corrected chi connectivity index (χ1v) is 8.80. The predicted octanol–water partition coefficient (Wildman–Crippen LogP) is 4.94. The van der Waals surface area contributed by atoms with Crippen molar-refractivity contribution in [1.29, 1.82) is 0 Å². The molecule has 2 rings (SSSR count). The Balaban J connectivity index is 1.77. The number of thiophene rings is 1. The van der Waals surface area contributed by atoms with Crippen molar-refractivity contribution in [3.63, 3.8) is 0 Å². The van der Waals surface area contributed by atoms with Crippen molar-refractivity contribution in [2.45, 2.75) is 77.8 Å². The van der Waals surface area contributed by atoms with Gasteiger partial charge in [0.05, 0.1) is 0 Å². The van der Waals surface area contributed by atoms with E-state index in [2.05, 4.69) is 38.2 Å². The molecule has 0 spiro atoms. The summed E-state index contributed by atoms with van der Waals surface area (Å²) in [6.45, 7) is 6.89. The van der Waals surface area contributed by atoms with Crippen LogP contribution in [0.3, 0.4) is 0 Å². The summed E-state index contributed by atoms with van der Waals surface area (Å²) in [5.41, 5.74) is 0. The Hall–Kier alpha value is -0.340. The summed E-state index contributed by atoms with van der Waals surface area (Å²) >= 11 is 1.95. The van der Waals surface area contributed by atoms with Crippen LogP contribution in [0.2, 0.25) is 0 Å². The summed E-state index contributed by atoms with van der Waals surface area (Å²) in [4.78, 5) is 2.96. The second-order valence-corrected chi connectivity index (χ2v) is 7.64. The molecule has 0 radical (unpaired) electrons. The Kier molecular flexibility index (Phi) is 5.90. The number of aryl methyl sites for hydroxylation is 1. The second-order valence-electron chi connectivity index (χ2n) is 6.26. The first-order valence-electron chi connectivity index (χ1n) is 7.98. The molecule has 3 atom stereocenters. The van der Waals surface area contributed by atoms with Crippen molar-refractivity contribution < 1.29 is 0 Å². The predicted molar refractivity (Wildman–Crippen MR) is 86.0 cm³/mol. The maximum absolute atomic E-state index is 3.87. The van der Waals surface area contributed by atoms with E-state index in [0.29, 0.717) is 6.04 Å². The molecule has 1 nitrogen and oxygen atoms in total. The lowest BCUT2D eigenvalue weighted by Gasteiger charge is -2.22. The van der Waals surface area contributed by atoms with Crippen LogP contribution < -0.4 is 5.32 Å². The smallest absolute Gasteiger partial charge is 0.00896 e. The molecule has 1 aromatic rings. The van der Waals surface area contributed by atoms with Gasteiger partial charge in [0.2, 0.25) is 0 Å². The summed E-state index contributed by atoms with van der Waals surface area (Å²) in [6, 6.07) is 5.90. The molecule has 1 aliphatic rings. The number of hydrogen-bond donors (Lipinski definition) is 1. The molecule has 19 heavy (non-hydrogen) atoms. The molecule has 0 aromatic carbocycles. The number of nitrogens with one attached hydrogen (secondary N) is 1. The Morgan fingerprint density at radius 3 is 2.79 bits per heavy atom. The largest absolute Gasteiger partial charge is 0.311 e. The van der Waals surface area contributed by atoms with E-state index >= 15 is 0 Å². The average Bonchev–Trinajstić information content (AvgIpc) is 2.64. The fraction of sp³-hybridized carbons (Fsp3) is 0.765. The molecule has 1 aliphatic carbocycles. The van der Waals surface area contributed by atoms with Crippen LogP contribution in [-0.2, 0) is 6.42 Å². The highest BCUT2D eigenvalue weighted by atomic mass is 32.1. The first kappa shape index (κ1) is 15.1. The highest BCUT2D eigenvalue weighted by Crippen LogP contribution is 2.26. The van der Waals surface area contributed by atoms with E-state index in [0.717, 1.165) is 12.0 Å². The van der Waals surface area contributed by atoms with Gasteiger partial charge < -0.3 is 5.32 Å². The quantitative estimate of drug-likeness (QED) is 0.753. The fourth-order valence-corrected chi connectivity index (χ4v) is 4.33. The van der Waals surface area contributed by atoms with Crippen LogP contribution in [0, 0.1) is 12.8 Å². The van der Waals surface area contributed by atoms with Crippen molar-refractivity contribution in [2.75, 3.05) is 0 Å². The Labute approximate surface area is 122 Å². The zero-order valence-corrected chi connectivity index (χ0v) is 13.6. The summed E-state index contributed by atoms with van der Waals surface area (Å²) in [5.74, 6) is 0.988. The molecular formula is C17H29NS. The molecule has 1 heterocycles. The molecule has 1 aromatic heterocycles. The van der Waals surface area contributed by atoms with Gasteiger partial charge in [-0.05, 0) is 57.6 Å². The summed E-state index contributed by atoms with van der Waals surface area (Å²) in [6.07, 6.45) is 9.62. The SMILES string of the molecule is CCC1CCCC(NC(C)Cc2ccc(C)s2)CC1. The fourth-order valence-electron chi connectivity index (χ4n) is 3.31. The highest BCUT2D eigenvalue weighted by Gasteiger charge is 2.19. The van der Waals surface area contributed by atoms with Crippen LogP contribution in [0.25, 0.3) is 0 Å². The summed E-state index contributed by atoms with van der Waals surface area (Å²) in [5, 5.41) is 3.87. The first-order chi connectivity index (χ1) is 9.17. The average molecular weight is 279 g/mol. The lowest BCUT2D eigenvalue weighted by atomic mass is 9.97. The van der Waals surface area contributed by atoms with Crippen molar-refractivity contribution in [3.8, 4) is 0 Å². The molecule has 0 saturated heterocycles. The third kappa shape index (κ3) is 4.92. The Morgan fingerprint density at radius 2 is 2.11 bits per heavy atom. The maximum atomic E-state index is 3.87. The van der Waals surface area contributed by atoms with E-state index in [9.17, 15) is 0 Å². The van der Waals surface area contributed by atoms with Gasteiger partial charge in [-0.1, -0.05) is 26.2 Å².